The quantitative estimate of drug-likeness (QED) is 0.155. The summed E-state index contributed by atoms with van der Waals surface area (Å²) >= 11 is 7.40. The maximum Gasteiger partial charge on any atom is 0.494 e. The van der Waals surface area contributed by atoms with E-state index in [1.54, 1.807) is 0 Å². The fraction of sp³-hybridized carbons (Fsp3) is 0.231. The second-order valence-corrected chi connectivity index (χ2v) is 30.8. The summed E-state index contributed by atoms with van der Waals surface area (Å²) in [4.78, 5) is 0. The molecule has 0 bridgehead atoms. The molecule has 0 spiro atoms. The van der Waals surface area contributed by atoms with Crippen molar-refractivity contribution in [1.82, 2.24) is 9.13 Å². The van der Waals surface area contributed by atoms with Gasteiger partial charge in [-0.05, 0) is 202 Å². The summed E-state index contributed by atoms with van der Waals surface area (Å²) in [5, 5.41) is 10.3. The maximum atomic E-state index is 6.42. The molecule has 17 rings (SSSR count). The molecule has 0 saturated carbocycles. The van der Waals surface area contributed by atoms with E-state index >= 15 is 0 Å². The zero-order chi connectivity index (χ0) is 63.9. The van der Waals surface area contributed by atoms with E-state index < -0.39 is 21.1 Å². The predicted molar refractivity (Wildman–Crippen MR) is 394 cm³/mol. The molecule has 0 N–H and O–H groups in total. The lowest BCUT2D eigenvalue weighted by molar-refractivity contribution is 0.00578. The summed E-state index contributed by atoms with van der Waals surface area (Å²) in [5.41, 5.74) is 10.8. The molecule has 4 aromatic heterocycles. The molecule has 7 heterocycles. The van der Waals surface area contributed by atoms with Gasteiger partial charge in [0.15, 0.2) is 0 Å². The van der Waals surface area contributed by atoms with Crippen molar-refractivity contribution in [3.63, 3.8) is 0 Å². The molecule has 3 fully saturated rings. The van der Waals surface area contributed by atoms with Gasteiger partial charge in [0.25, 0.3) is 0 Å². The van der Waals surface area contributed by atoms with E-state index in [1.807, 2.05) is 78.1 Å². The van der Waals surface area contributed by atoms with Gasteiger partial charge in [-0.15, -0.1) is 22.7 Å². The van der Waals surface area contributed by atoms with E-state index in [1.165, 1.54) is 106 Å². The minimum Gasteiger partial charge on any atom is -0.405 e. The van der Waals surface area contributed by atoms with Crippen molar-refractivity contribution in [2.75, 3.05) is 0 Å². The second kappa shape index (κ2) is 22.4. The molecule has 3 saturated heterocycles. The zero-order valence-corrected chi connectivity index (χ0v) is 57.3. The van der Waals surface area contributed by atoms with E-state index in [0.29, 0.717) is 0 Å². The number of aromatic nitrogens is 2. The summed E-state index contributed by atoms with van der Waals surface area (Å²) in [6, 6.07) is 79.3. The Bertz CT molecular complexity index is 5120. The van der Waals surface area contributed by atoms with Crippen LogP contribution in [0.3, 0.4) is 0 Å². The SMILES string of the molecule is Brc1ccc2c3ccc(-c4ccc5sc6ccccc6c5c4)cc3n(-c3ccccc3)c2c1.CC1(C)OB(B2OC(C)(C)C(C)(C)O2)OC1(C)C.CC1(C)OB(c2ccc3c4ccc(-c5ccc6sc7ccccc7c6c5)cc4n(-c4ccccc4)c3c2)OC1(C)C. The van der Waals surface area contributed by atoms with Crippen molar-refractivity contribution in [3.8, 4) is 33.6 Å². The number of halogens is 1. The minimum atomic E-state index is -0.476. The van der Waals surface area contributed by atoms with Gasteiger partial charge in [0.1, 0.15) is 0 Å². The Morgan fingerprint density at radius 1 is 0.293 bits per heavy atom. The lowest BCUT2D eigenvalue weighted by Crippen LogP contribution is -2.41. The lowest BCUT2D eigenvalue weighted by atomic mass is 9.49. The van der Waals surface area contributed by atoms with Crippen LogP contribution in [-0.2, 0) is 27.9 Å². The third-order valence-electron chi connectivity index (χ3n) is 20.3. The van der Waals surface area contributed by atoms with Gasteiger partial charge in [0.05, 0.1) is 55.7 Å². The first kappa shape index (κ1) is 60.9. The smallest absolute Gasteiger partial charge is 0.405 e. The standard InChI is InChI=1S/C36H30BNO2S.C30H18BrNS.C12H24B2O4/c1-35(2)36(3,4)40-37(39-35)25-16-18-28-27-17-14-24(21-31(27)38(32(28)22-25)26-10-6-5-7-11-26)23-15-19-34-30(20-23)29-12-8-9-13-33(29)41-34;31-21-12-14-24-23-13-10-20(17-27(23)32(28(24)18-21)22-6-2-1-3-7-22)19-11-15-30-26(16-19)25-8-4-5-9-29(25)33-30;1-9(2)10(3,4)16-13(15-9)14-17-11(5,6)12(7,8)18-14/h5-22H,1-4H3;1-18H;1-8H3. The lowest BCUT2D eigenvalue weighted by Gasteiger charge is -2.32. The van der Waals surface area contributed by atoms with Crippen molar-refractivity contribution in [2.45, 2.75) is 117 Å². The van der Waals surface area contributed by atoms with Gasteiger partial charge in [0, 0.05) is 77.7 Å². The van der Waals surface area contributed by atoms with E-state index in [-0.39, 0.29) is 33.6 Å². The van der Waals surface area contributed by atoms with E-state index in [4.69, 9.17) is 27.9 Å². The highest BCUT2D eigenvalue weighted by atomic mass is 79.9. The first-order chi connectivity index (χ1) is 43.9. The monoisotopic (exact) mass is 1310 g/mol. The van der Waals surface area contributed by atoms with E-state index in [0.717, 1.165) is 21.1 Å². The summed E-state index contributed by atoms with van der Waals surface area (Å²) < 4.78 is 47.9. The topological polar surface area (TPSA) is 65.2 Å². The summed E-state index contributed by atoms with van der Waals surface area (Å²) in [7, 11) is -1.36. The van der Waals surface area contributed by atoms with Crippen LogP contribution in [0.2, 0.25) is 0 Å². The predicted octanol–water partition coefficient (Wildman–Crippen LogP) is 20.9. The van der Waals surface area contributed by atoms with Crippen LogP contribution >= 0.6 is 38.6 Å². The highest BCUT2D eigenvalue weighted by Crippen LogP contribution is 2.46. The highest BCUT2D eigenvalue weighted by molar-refractivity contribution is 9.10. The van der Waals surface area contributed by atoms with Crippen molar-refractivity contribution in [1.29, 1.82) is 0 Å². The molecule has 10 aromatic carbocycles. The molecule has 92 heavy (non-hydrogen) atoms. The molecule has 3 aliphatic rings. The Morgan fingerprint density at radius 2 is 0.620 bits per heavy atom. The van der Waals surface area contributed by atoms with Crippen molar-refractivity contribution >= 4 is 149 Å². The fourth-order valence-corrected chi connectivity index (χ4v) is 15.6. The number of benzene rings is 10. The molecule has 0 amide bonds. The van der Waals surface area contributed by atoms with Gasteiger partial charge in [-0.25, -0.2) is 0 Å². The first-order valence-corrected chi connectivity index (χ1v) is 34.2. The summed E-state index contributed by atoms with van der Waals surface area (Å²) in [5.74, 6) is 0. The molecule has 3 aliphatic heterocycles. The summed E-state index contributed by atoms with van der Waals surface area (Å²) in [6.07, 6.45) is 0. The fourth-order valence-electron chi connectivity index (χ4n) is 13.0. The number of rotatable bonds is 6. The third-order valence-corrected chi connectivity index (χ3v) is 23.1. The molecule has 14 heteroatoms. The van der Waals surface area contributed by atoms with Crippen molar-refractivity contribution in [2.24, 2.45) is 0 Å². The molecule has 0 radical (unpaired) electrons. The van der Waals surface area contributed by atoms with Gasteiger partial charge < -0.3 is 37.1 Å². The molecular formula is C78H72B3BrN2O6S2. The second-order valence-electron chi connectivity index (χ2n) is 27.7. The van der Waals surface area contributed by atoms with Crippen LogP contribution in [0, 0.1) is 0 Å². The zero-order valence-electron chi connectivity index (χ0n) is 54.1. The normalized spacial score (nSPS) is 17.8. The van der Waals surface area contributed by atoms with E-state index in [2.05, 4.69) is 271 Å². The van der Waals surface area contributed by atoms with Gasteiger partial charge in [-0.2, -0.15) is 0 Å². The van der Waals surface area contributed by atoms with Gasteiger partial charge in [-0.1, -0.05) is 143 Å². The number of hydrogen-bond acceptors (Lipinski definition) is 8. The van der Waals surface area contributed by atoms with Crippen LogP contribution in [0.4, 0.5) is 0 Å². The van der Waals surface area contributed by atoms with Gasteiger partial charge in [-0.3, -0.25) is 0 Å². The number of nitrogens with zero attached hydrogens (tertiary/aromatic N) is 2. The average Bonchev–Trinajstić information content (AvgIpc) is 1.60. The van der Waals surface area contributed by atoms with Crippen LogP contribution < -0.4 is 5.46 Å². The first-order valence-electron chi connectivity index (χ1n) is 31.8. The number of para-hydroxylation sites is 2. The highest BCUT2D eigenvalue weighted by Gasteiger charge is 2.64. The molecule has 458 valence electrons. The average molecular weight is 1310 g/mol. The summed E-state index contributed by atoms with van der Waals surface area (Å²) in [6.45, 7) is 24.6. The molecule has 0 atom stereocenters. The molecule has 0 aliphatic carbocycles. The number of hydrogen-bond donors (Lipinski definition) is 0. The minimum absolute atomic E-state index is 0.360. The van der Waals surface area contributed by atoms with Crippen LogP contribution in [-0.4, -0.2) is 63.9 Å². The van der Waals surface area contributed by atoms with Crippen LogP contribution in [0.5, 0.6) is 0 Å². The van der Waals surface area contributed by atoms with Crippen LogP contribution in [0.15, 0.2) is 223 Å². The third kappa shape index (κ3) is 10.5. The Morgan fingerprint density at radius 3 is 1.05 bits per heavy atom. The molecule has 0 unspecified atom stereocenters. The number of fused-ring (bicyclic) bond motifs is 12. The van der Waals surface area contributed by atoms with Crippen molar-refractivity contribution in [3.05, 3.63) is 223 Å². The molecule has 8 nitrogen and oxygen atoms in total. The largest absolute Gasteiger partial charge is 0.494 e. The van der Waals surface area contributed by atoms with Crippen LogP contribution in [0.1, 0.15) is 83.1 Å². The van der Waals surface area contributed by atoms with Crippen molar-refractivity contribution < 1.29 is 27.9 Å². The Balaban J connectivity index is 0.000000123. The Labute approximate surface area is 555 Å². The molecular weight excluding hydrogens is 1240 g/mol. The van der Waals surface area contributed by atoms with Crippen LogP contribution in [0.25, 0.3) is 118 Å². The Hall–Kier alpha value is -7.33. The van der Waals surface area contributed by atoms with E-state index in [9.17, 15) is 0 Å². The van der Waals surface area contributed by atoms with Gasteiger partial charge in [0.2, 0.25) is 0 Å². The van der Waals surface area contributed by atoms with Gasteiger partial charge >= 0.3 is 21.1 Å². The maximum absolute atomic E-state index is 6.42. The molecule has 14 aromatic rings. The number of thiophene rings is 2. The Kier molecular flexibility index (Phi) is 14.8.